The van der Waals surface area contributed by atoms with E-state index in [9.17, 15) is 22.8 Å². The van der Waals surface area contributed by atoms with Gasteiger partial charge in [0.25, 0.3) is 11.8 Å². The molecule has 0 spiro atoms. The number of nitrogens with one attached hydrogen (secondary N) is 2. The van der Waals surface area contributed by atoms with Crippen LogP contribution in [0.3, 0.4) is 0 Å². The third-order valence-electron chi connectivity index (χ3n) is 6.97. The van der Waals surface area contributed by atoms with E-state index < -0.39 is 15.9 Å². The van der Waals surface area contributed by atoms with Crippen molar-refractivity contribution in [3.63, 3.8) is 0 Å². The Hall–Kier alpha value is -4.06. The van der Waals surface area contributed by atoms with Gasteiger partial charge >= 0.3 is 0 Å². The fourth-order valence-corrected chi connectivity index (χ4v) is 5.40. The number of anilines is 2. The number of piperazine rings is 1. The average molecular weight is 570 g/mol. The molecule has 1 aliphatic heterocycles. The first-order valence-corrected chi connectivity index (χ1v) is 14.7. The molecule has 2 aromatic carbocycles. The van der Waals surface area contributed by atoms with E-state index in [0.717, 1.165) is 23.6 Å². The second kappa shape index (κ2) is 10.8. The first-order valence-electron chi connectivity index (χ1n) is 12.8. The molecule has 214 valence electrons. The number of nitrogens with zero attached hydrogens (tertiary/aromatic N) is 3. The van der Waals surface area contributed by atoms with Gasteiger partial charge in [-0.2, -0.15) is 0 Å². The minimum absolute atomic E-state index is 0.166. The first-order chi connectivity index (χ1) is 18.7. The van der Waals surface area contributed by atoms with Crippen LogP contribution in [0.1, 0.15) is 47.2 Å². The van der Waals surface area contributed by atoms with Crippen molar-refractivity contribution in [2.24, 2.45) is 7.05 Å². The highest BCUT2D eigenvalue weighted by Crippen LogP contribution is 2.39. The van der Waals surface area contributed by atoms with Crippen molar-refractivity contribution in [1.29, 1.82) is 0 Å². The van der Waals surface area contributed by atoms with E-state index in [0.29, 0.717) is 48.6 Å². The molecular formula is C28H35N5O6S. The maximum atomic E-state index is 13.6. The number of ether oxygens (including phenoxy) is 1. The number of amides is 3. The number of carbonyl (C=O) groups excluding carboxylic acids is 3. The summed E-state index contributed by atoms with van der Waals surface area (Å²) < 4.78 is 33.8. The molecule has 2 N–H and O–H groups in total. The molecule has 11 nitrogen and oxygen atoms in total. The highest BCUT2D eigenvalue weighted by molar-refractivity contribution is 7.92. The first kappa shape index (κ1) is 28.9. The van der Waals surface area contributed by atoms with Gasteiger partial charge in [-0.05, 0) is 35.2 Å². The van der Waals surface area contributed by atoms with E-state index in [2.05, 4.69) is 10.0 Å². The number of hydrogen-bond donors (Lipinski definition) is 2. The van der Waals surface area contributed by atoms with Crippen molar-refractivity contribution in [2.75, 3.05) is 49.6 Å². The Morgan fingerprint density at radius 1 is 1.02 bits per heavy atom. The van der Waals surface area contributed by atoms with Gasteiger partial charge in [-0.25, -0.2) is 8.42 Å². The van der Waals surface area contributed by atoms with Crippen LogP contribution >= 0.6 is 0 Å². The smallest absolute Gasteiger partial charge is 0.272 e. The predicted octanol–water partition coefficient (Wildman–Crippen LogP) is 3.02. The van der Waals surface area contributed by atoms with E-state index in [1.807, 2.05) is 26.8 Å². The van der Waals surface area contributed by atoms with Crippen molar-refractivity contribution in [3.8, 4) is 5.75 Å². The molecule has 1 aliphatic rings. The lowest BCUT2D eigenvalue weighted by Crippen LogP contribution is -2.48. The molecule has 0 atom stereocenters. The van der Waals surface area contributed by atoms with Gasteiger partial charge in [0.15, 0.2) is 5.75 Å². The molecular weight excluding hydrogens is 534 g/mol. The lowest BCUT2D eigenvalue weighted by atomic mass is 9.86. The van der Waals surface area contributed by atoms with Gasteiger partial charge in [0, 0.05) is 38.6 Å². The Morgan fingerprint density at radius 2 is 1.68 bits per heavy atom. The zero-order valence-corrected chi connectivity index (χ0v) is 24.4. The van der Waals surface area contributed by atoms with Crippen LogP contribution in [0.2, 0.25) is 0 Å². The minimum atomic E-state index is -3.62. The summed E-state index contributed by atoms with van der Waals surface area (Å²) in [4.78, 5) is 41.4. The number of aryl methyl sites for hydroxylation is 1. The maximum absolute atomic E-state index is 13.6. The van der Waals surface area contributed by atoms with Gasteiger partial charge in [0.1, 0.15) is 5.69 Å². The standard InChI is InChI=1S/C28H35N5O6S/c1-28(2,3)19-15-21(25(39-5)22(16-19)30-40(6,37)38)29-26(35)23-14-18-8-7-9-20(24(18)31(23)4)27(36)33-12-10-32(17-34)11-13-33/h7-9,14-17,30H,10-13H2,1-6H3,(H,29,35). The van der Waals surface area contributed by atoms with Crippen LogP contribution < -0.4 is 14.8 Å². The van der Waals surface area contributed by atoms with Crippen molar-refractivity contribution in [3.05, 3.63) is 53.2 Å². The molecule has 3 amide bonds. The zero-order valence-electron chi connectivity index (χ0n) is 23.6. The fraction of sp³-hybridized carbons (Fsp3) is 0.393. The van der Waals surface area contributed by atoms with E-state index in [1.54, 1.807) is 51.7 Å². The van der Waals surface area contributed by atoms with Crippen LogP contribution in [-0.4, -0.2) is 80.6 Å². The number of fused-ring (bicyclic) bond motifs is 1. The lowest BCUT2D eigenvalue weighted by molar-refractivity contribution is -0.119. The molecule has 0 radical (unpaired) electrons. The molecule has 0 bridgehead atoms. The van der Waals surface area contributed by atoms with Crippen LogP contribution in [0.15, 0.2) is 36.4 Å². The van der Waals surface area contributed by atoms with Crippen LogP contribution in [0.5, 0.6) is 5.75 Å². The topological polar surface area (TPSA) is 130 Å². The number of aromatic nitrogens is 1. The van der Waals surface area contributed by atoms with Crippen LogP contribution in [0.4, 0.5) is 11.4 Å². The monoisotopic (exact) mass is 569 g/mol. The number of rotatable bonds is 7. The fourth-order valence-electron chi connectivity index (χ4n) is 4.84. The van der Waals surface area contributed by atoms with Crippen molar-refractivity contribution < 1.29 is 27.5 Å². The van der Waals surface area contributed by atoms with Gasteiger partial charge in [-0.3, -0.25) is 19.1 Å². The van der Waals surface area contributed by atoms with E-state index in [1.165, 1.54) is 7.11 Å². The Kier molecular flexibility index (Phi) is 7.84. The summed E-state index contributed by atoms with van der Waals surface area (Å²) in [5.74, 6) is -0.442. The molecule has 1 saturated heterocycles. The number of benzene rings is 2. The van der Waals surface area contributed by atoms with Gasteiger partial charge in [-0.15, -0.1) is 0 Å². The molecule has 0 saturated carbocycles. The molecule has 12 heteroatoms. The maximum Gasteiger partial charge on any atom is 0.272 e. The molecule has 0 unspecified atom stereocenters. The molecule has 4 rings (SSSR count). The number of hydrogen-bond acceptors (Lipinski definition) is 6. The van der Waals surface area contributed by atoms with Crippen LogP contribution in [0.25, 0.3) is 10.9 Å². The summed E-state index contributed by atoms with van der Waals surface area (Å²) in [7, 11) is -0.501. The molecule has 2 heterocycles. The summed E-state index contributed by atoms with van der Waals surface area (Å²) in [6.45, 7) is 7.73. The molecule has 3 aromatic rings. The molecule has 1 aromatic heterocycles. The summed E-state index contributed by atoms with van der Waals surface area (Å²) in [6.07, 6.45) is 1.84. The molecule has 0 aliphatic carbocycles. The Bertz CT molecular complexity index is 1580. The highest BCUT2D eigenvalue weighted by Gasteiger charge is 2.26. The number of para-hydroxylation sites is 1. The number of carbonyl (C=O) groups is 3. The number of methoxy groups -OCH3 is 1. The Morgan fingerprint density at radius 3 is 2.25 bits per heavy atom. The summed E-state index contributed by atoms with van der Waals surface area (Å²) in [6, 6.07) is 10.5. The Balaban J connectivity index is 1.72. The quantitative estimate of drug-likeness (QED) is 0.421. The van der Waals surface area contributed by atoms with Crippen molar-refractivity contribution in [1.82, 2.24) is 14.4 Å². The third-order valence-corrected chi connectivity index (χ3v) is 7.56. The van der Waals surface area contributed by atoms with Crippen molar-refractivity contribution in [2.45, 2.75) is 26.2 Å². The average Bonchev–Trinajstić information content (AvgIpc) is 3.23. The highest BCUT2D eigenvalue weighted by atomic mass is 32.2. The zero-order chi connectivity index (χ0) is 29.4. The van der Waals surface area contributed by atoms with Gasteiger partial charge < -0.3 is 24.4 Å². The van der Waals surface area contributed by atoms with E-state index >= 15 is 0 Å². The second-order valence-electron chi connectivity index (χ2n) is 10.9. The summed E-state index contributed by atoms with van der Waals surface area (Å²) >= 11 is 0. The summed E-state index contributed by atoms with van der Waals surface area (Å²) in [5, 5.41) is 3.61. The largest absolute Gasteiger partial charge is 0.492 e. The number of sulfonamides is 1. The third kappa shape index (κ3) is 5.91. The second-order valence-corrected chi connectivity index (χ2v) is 12.7. The Labute approximate surface area is 234 Å². The van der Waals surface area contributed by atoms with Gasteiger partial charge in [0.2, 0.25) is 16.4 Å². The summed E-state index contributed by atoms with van der Waals surface area (Å²) in [5.41, 5.74) is 2.34. The van der Waals surface area contributed by atoms with Gasteiger partial charge in [0.05, 0.1) is 35.8 Å². The molecule has 40 heavy (non-hydrogen) atoms. The predicted molar refractivity (Wildman–Crippen MR) is 155 cm³/mol. The van der Waals surface area contributed by atoms with Crippen LogP contribution in [-0.2, 0) is 27.3 Å². The van der Waals surface area contributed by atoms with E-state index in [4.69, 9.17) is 4.74 Å². The van der Waals surface area contributed by atoms with E-state index in [-0.39, 0.29) is 22.8 Å². The van der Waals surface area contributed by atoms with Gasteiger partial charge in [-0.1, -0.05) is 32.9 Å². The minimum Gasteiger partial charge on any atom is -0.492 e. The normalized spacial score (nSPS) is 14.2. The molecule has 1 fully saturated rings. The van der Waals surface area contributed by atoms with Crippen LogP contribution in [0, 0.1) is 0 Å². The SMILES string of the molecule is COc1c(NC(=O)c2cc3cccc(C(=O)N4CCN(C=O)CC4)c3n2C)cc(C(C)(C)C)cc1NS(C)(=O)=O. The van der Waals surface area contributed by atoms with Crippen molar-refractivity contribution >= 4 is 50.5 Å². The lowest BCUT2D eigenvalue weighted by Gasteiger charge is -2.32.